The minimum Gasteiger partial charge on any atom is -0.353 e. The van der Waals surface area contributed by atoms with Gasteiger partial charge in [0.2, 0.25) is 22.4 Å². The summed E-state index contributed by atoms with van der Waals surface area (Å²) in [5.74, 6) is -4.76. The molecule has 4 rings (SSSR count). The van der Waals surface area contributed by atoms with Crippen LogP contribution in [0.3, 0.4) is 0 Å². The Morgan fingerprint density at radius 3 is 1.57 bits per heavy atom. The summed E-state index contributed by atoms with van der Waals surface area (Å²) in [7, 11) is 0. The van der Waals surface area contributed by atoms with Gasteiger partial charge in [0.05, 0.1) is 6.04 Å². The molecule has 0 heterocycles. The molecule has 0 spiro atoms. The number of fused-ring (bicyclic) bond motifs is 2. The Kier molecular flexibility index (Phi) is 14.1. The first-order valence-corrected chi connectivity index (χ1v) is 15.2. The number of hydrogen-bond donors (Lipinski definition) is 3. The Labute approximate surface area is 248 Å². The Balaban J connectivity index is 0.000000241. The molecule has 0 radical (unpaired) electrons. The number of hydrogen-bond acceptors (Lipinski definition) is 8. The van der Waals surface area contributed by atoms with Crippen LogP contribution < -0.4 is 21.9 Å². The SMILES string of the molecule is CCCC[C@@H](N)CCC.CCCC[C@H](CCC)N=c1c(=O)c2ccccc2c1=O.O=C1c2ccccc2C(=O)C1(O)O. The highest BCUT2D eigenvalue weighted by molar-refractivity contribution is 6.30. The van der Waals surface area contributed by atoms with E-state index in [1.54, 1.807) is 36.4 Å². The molecule has 0 saturated heterocycles. The number of carbonyl (C=O) groups is 2. The summed E-state index contributed by atoms with van der Waals surface area (Å²) in [6, 6.07) is 13.5. The molecule has 3 aromatic rings. The van der Waals surface area contributed by atoms with Gasteiger partial charge in [0.1, 0.15) is 0 Å². The quantitative estimate of drug-likeness (QED) is 0.220. The molecular weight excluding hydrogens is 532 g/mol. The first-order chi connectivity index (χ1) is 20.0. The van der Waals surface area contributed by atoms with E-state index in [2.05, 4.69) is 32.7 Å². The molecule has 0 amide bonds. The molecule has 0 aliphatic heterocycles. The zero-order valence-electron chi connectivity index (χ0n) is 25.4. The van der Waals surface area contributed by atoms with Crippen molar-refractivity contribution in [3.05, 3.63) is 85.5 Å². The maximum absolute atomic E-state index is 12.3. The molecule has 2 atom stereocenters. The molecule has 0 bridgehead atoms. The van der Waals surface area contributed by atoms with Crippen molar-refractivity contribution in [1.82, 2.24) is 0 Å². The van der Waals surface area contributed by atoms with Crippen molar-refractivity contribution < 1.29 is 19.8 Å². The molecule has 8 heteroatoms. The maximum atomic E-state index is 12.3. The number of rotatable bonds is 11. The third-order valence-electron chi connectivity index (χ3n) is 7.31. The van der Waals surface area contributed by atoms with Crippen molar-refractivity contribution in [2.24, 2.45) is 10.7 Å². The van der Waals surface area contributed by atoms with Crippen LogP contribution in [0.1, 0.15) is 113 Å². The zero-order chi connectivity index (χ0) is 31.3. The van der Waals surface area contributed by atoms with Gasteiger partial charge in [-0.25, -0.2) is 0 Å². The van der Waals surface area contributed by atoms with Gasteiger partial charge in [-0.2, -0.15) is 0 Å². The average molecular weight is 579 g/mol. The van der Waals surface area contributed by atoms with Crippen molar-refractivity contribution in [3.8, 4) is 0 Å². The molecule has 1 aliphatic rings. The van der Waals surface area contributed by atoms with E-state index in [0.717, 1.165) is 32.1 Å². The highest BCUT2D eigenvalue weighted by Crippen LogP contribution is 2.27. The van der Waals surface area contributed by atoms with Gasteiger partial charge < -0.3 is 15.9 Å². The largest absolute Gasteiger partial charge is 0.353 e. The number of ketones is 2. The monoisotopic (exact) mass is 578 g/mol. The lowest BCUT2D eigenvalue weighted by Crippen LogP contribution is -2.40. The van der Waals surface area contributed by atoms with Crippen molar-refractivity contribution in [1.29, 1.82) is 0 Å². The van der Waals surface area contributed by atoms with E-state index in [0.29, 0.717) is 16.8 Å². The van der Waals surface area contributed by atoms with Gasteiger partial charge in [-0.05, 0) is 25.7 Å². The highest BCUT2D eigenvalue weighted by atomic mass is 16.5. The van der Waals surface area contributed by atoms with Crippen molar-refractivity contribution in [2.45, 2.75) is 110 Å². The van der Waals surface area contributed by atoms with E-state index >= 15 is 0 Å². The van der Waals surface area contributed by atoms with Gasteiger partial charge in [0, 0.05) is 27.9 Å². The van der Waals surface area contributed by atoms with Crippen LogP contribution in [0.25, 0.3) is 10.8 Å². The highest BCUT2D eigenvalue weighted by Gasteiger charge is 2.50. The number of unbranched alkanes of at least 4 members (excludes halogenated alkanes) is 2. The molecule has 0 saturated carbocycles. The minimum atomic E-state index is -2.86. The summed E-state index contributed by atoms with van der Waals surface area (Å²) >= 11 is 0. The molecule has 1 aliphatic carbocycles. The van der Waals surface area contributed by atoms with E-state index in [1.807, 2.05) is 0 Å². The second-order valence-electron chi connectivity index (χ2n) is 10.8. The van der Waals surface area contributed by atoms with E-state index in [-0.39, 0.29) is 33.4 Å². The van der Waals surface area contributed by atoms with Crippen molar-refractivity contribution in [2.75, 3.05) is 0 Å². The fourth-order valence-electron chi connectivity index (χ4n) is 4.92. The van der Waals surface area contributed by atoms with E-state index in [4.69, 9.17) is 15.9 Å². The summed E-state index contributed by atoms with van der Waals surface area (Å²) in [5.41, 5.74) is 5.49. The van der Waals surface area contributed by atoms with Crippen LogP contribution in [0.15, 0.2) is 63.1 Å². The lowest BCUT2D eigenvalue weighted by Gasteiger charge is -2.09. The van der Waals surface area contributed by atoms with Crippen LogP contribution in [0, 0.1) is 0 Å². The van der Waals surface area contributed by atoms with Gasteiger partial charge in [-0.1, -0.05) is 115 Å². The number of carbonyl (C=O) groups excluding carboxylic acids is 2. The number of nitrogens with two attached hydrogens (primary N) is 1. The molecule has 228 valence electrons. The van der Waals surface area contributed by atoms with Crippen LogP contribution in [0.4, 0.5) is 0 Å². The summed E-state index contributed by atoms with van der Waals surface area (Å²) in [6.45, 7) is 8.63. The predicted octanol–water partition coefficient (Wildman–Crippen LogP) is 4.75. The van der Waals surface area contributed by atoms with Gasteiger partial charge in [0.15, 0.2) is 5.36 Å². The molecule has 4 N–H and O–H groups in total. The zero-order valence-corrected chi connectivity index (χ0v) is 25.4. The number of nitrogens with zero attached hydrogens (tertiary/aromatic N) is 1. The van der Waals surface area contributed by atoms with Crippen LogP contribution in [0.5, 0.6) is 0 Å². The second kappa shape index (κ2) is 16.9. The molecule has 0 aromatic heterocycles. The summed E-state index contributed by atoms with van der Waals surface area (Å²) in [6.07, 6.45) is 11.3. The number of aliphatic hydroxyl groups is 2. The molecule has 3 aromatic carbocycles. The average Bonchev–Trinajstić information content (AvgIpc) is 3.33. The summed E-state index contributed by atoms with van der Waals surface area (Å²) < 4.78 is 0. The van der Waals surface area contributed by atoms with Gasteiger partial charge in [-0.3, -0.25) is 24.2 Å². The normalized spacial score (nSPS) is 14.8. The molecule has 0 fully saturated rings. The first kappa shape index (κ1) is 34.9. The van der Waals surface area contributed by atoms with Gasteiger partial charge >= 0.3 is 0 Å². The number of benzene rings is 2. The predicted molar refractivity (Wildman–Crippen MR) is 167 cm³/mol. The molecule has 0 unspecified atom stereocenters. The summed E-state index contributed by atoms with van der Waals surface area (Å²) in [5, 5.41) is 19.4. The van der Waals surface area contributed by atoms with E-state index in [1.165, 1.54) is 44.2 Å². The Bertz CT molecular complexity index is 1380. The first-order valence-electron chi connectivity index (χ1n) is 15.2. The van der Waals surface area contributed by atoms with Gasteiger partial charge in [-0.15, -0.1) is 0 Å². The third kappa shape index (κ3) is 8.84. The maximum Gasteiger partial charge on any atom is 0.295 e. The second-order valence-corrected chi connectivity index (χ2v) is 10.8. The van der Waals surface area contributed by atoms with Crippen LogP contribution in [-0.4, -0.2) is 39.7 Å². The van der Waals surface area contributed by atoms with Gasteiger partial charge in [0.25, 0.3) is 5.79 Å². The minimum absolute atomic E-state index is 0.0671. The fraction of sp³-hybridized carbons (Fsp3) is 0.500. The van der Waals surface area contributed by atoms with Crippen LogP contribution >= 0.6 is 0 Å². The molecular formula is C34H46N2O6. The number of Topliss-reactive ketones (excluding diaryl/α,β-unsaturated/α-hetero) is 2. The smallest absolute Gasteiger partial charge is 0.295 e. The molecule has 42 heavy (non-hydrogen) atoms. The van der Waals surface area contributed by atoms with Crippen LogP contribution in [-0.2, 0) is 0 Å². The Hall–Kier alpha value is -3.33. The molecule has 8 nitrogen and oxygen atoms in total. The summed E-state index contributed by atoms with van der Waals surface area (Å²) in [4.78, 5) is 51.5. The third-order valence-corrected chi connectivity index (χ3v) is 7.31. The van der Waals surface area contributed by atoms with E-state index < -0.39 is 17.4 Å². The lowest BCUT2D eigenvalue weighted by molar-refractivity contribution is -0.0857. The standard InChI is InChI=1S/C17H21NO2.C9H6O4.C8H19N/c1-3-5-9-12(8-4-2)18-15-16(19)13-10-6-7-11-14(13)17(15)20;10-7-5-3-1-2-4-6(5)8(11)9(7,12)13;1-3-5-7-8(9)6-4-2/h6-7,10-12H,3-5,8-9H2,1-2H3;1-4,12-13H;8H,3-7,9H2,1-2H3/t12-;;8-/m0.0/s1. The van der Waals surface area contributed by atoms with E-state index in [9.17, 15) is 19.2 Å². The van der Waals surface area contributed by atoms with Crippen LogP contribution in [0.2, 0.25) is 0 Å². The van der Waals surface area contributed by atoms with Crippen molar-refractivity contribution >= 4 is 22.3 Å². The fourth-order valence-corrected chi connectivity index (χ4v) is 4.92. The van der Waals surface area contributed by atoms with Crippen molar-refractivity contribution in [3.63, 3.8) is 0 Å². The Morgan fingerprint density at radius 2 is 1.12 bits per heavy atom. The topological polar surface area (TPSA) is 147 Å². The lowest BCUT2D eigenvalue weighted by atomic mass is 10.1. The Morgan fingerprint density at radius 1 is 0.667 bits per heavy atom.